The molecule has 2 N–H and O–H groups in total. The van der Waals surface area contributed by atoms with E-state index in [-0.39, 0.29) is 5.69 Å². The number of hydrogen-bond acceptors (Lipinski definition) is 4. The van der Waals surface area contributed by atoms with Crippen LogP contribution in [0.4, 0.5) is 26.1 Å². The Morgan fingerprint density at radius 3 is 2.61 bits per heavy atom. The van der Waals surface area contributed by atoms with E-state index < -0.39 is 11.6 Å². The molecule has 0 fully saturated rings. The molecule has 0 unspecified atom stereocenters. The van der Waals surface area contributed by atoms with E-state index in [1.807, 2.05) is 0 Å². The lowest BCUT2D eigenvalue weighted by Crippen LogP contribution is -2.02. The molecule has 18 heavy (non-hydrogen) atoms. The Bertz CT molecular complexity index is 577. The first-order valence-electron chi connectivity index (χ1n) is 5.02. The third-order valence-corrected chi connectivity index (χ3v) is 2.96. The molecule has 1 aromatic heterocycles. The van der Waals surface area contributed by atoms with E-state index in [0.29, 0.717) is 16.1 Å². The minimum absolute atomic E-state index is 0.0106. The monoisotopic (exact) mass is 314 g/mol. The van der Waals surface area contributed by atoms with E-state index in [4.69, 9.17) is 0 Å². The molecule has 7 heteroatoms. The van der Waals surface area contributed by atoms with Crippen molar-refractivity contribution in [2.75, 3.05) is 17.7 Å². The normalized spacial score (nSPS) is 10.2. The lowest BCUT2D eigenvalue weighted by atomic mass is 10.3. The highest BCUT2D eigenvalue weighted by molar-refractivity contribution is 9.10. The summed E-state index contributed by atoms with van der Waals surface area (Å²) in [7, 11) is 1.69. The molecule has 4 nitrogen and oxygen atoms in total. The van der Waals surface area contributed by atoms with E-state index in [2.05, 4.69) is 36.5 Å². The van der Waals surface area contributed by atoms with Gasteiger partial charge in [0.1, 0.15) is 34.1 Å². The van der Waals surface area contributed by atoms with Gasteiger partial charge in [-0.25, -0.2) is 18.7 Å². The van der Waals surface area contributed by atoms with Crippen LogP contribution in [0.3, 0.4) is 0 Å². The van der Waals surface area contributed by atoms with Crippen LogP contribution in [0.2, 0.25) is 0 Å². The van der Waals surface area contributed by atoms with Crippen molar-refractivity contribution in [3.8, 4) is 0 Å². The predicted molar refractivity (Wildman–Crippen MR) is 68.9 cm³/mol. The second-order valence-electron chi connectivity index (χ2n) is 3.38. The number of hydrogen-bond donors (Lipinski definition) is 2. The second kappa shape index (κ2) is 5.26. The van der Waals surface area contributed by atoms with Gasteiger partial charge in [0.15, 0.2) is 0 Å². The number of benzene rings is 1. The van der Waals surface area contributed by atoms with Crippen LogP contribution in [0.5, 0.6) is 0 Å². The average Bonchev–Trinajstić information content (AvgIpc) is 2.36. The van der Waals surface area contributed by atoms with Gasteiger partial charge in [0.05, 0.1) is 5.69 Å². The largest absolute Gasteiger partial charge is 0.372 e. The Morgan fingerprint density at radius 1 is 1.17 bits per heavy atom. The molecule has 2 aromatic rings. The van der Waals surface area contributed by atoms with Crippen molar-refractivity contribution in [2.24, 2.45) is 0 Å². The maximum Gasteiger partial charge on any atom is 0.150 e. The van der Waals surface area contributed by atoms with E-state index >= 15 is 0 Å². The summed E-state index contributed by atoms with van der Waals surface area (Å²) in [4.78, 5) is 7.92. The van der Waals surface area contributed by atoms with Crippen molar-refractivity contribution in [1.82, 2.24) is 9.97 Å². The second-order valence-corrected chi connectivity index (χ2v) is 4.18. The highest BCUT2D eigenvalue weighted by Crippen LogP contribution is 2.29. The summed E-state index contributed by atoms with van der Waals surface area (Å²) >= 11 is 3.28. The van der Waals surface area contributed by atoms with Crippen LogP contribution in [0.25, 0.3) is 0 Å². The Labute approximate surface area is 111 Å². The molecule has 0 aliphatic rings. The number of nitrogens with zero attached hydrogens (tertiary/aromatic N) is 2. The molecule has 0 amide bonds. The number of aromatic nitrogens is 2. The predicted octanol–water partition coefficient (Wildman–Crippen LogP) is 3.30. The zero-order valence-electron chi connectivity index (χ0n) is 9.34. The molecule has 0 aliphatic heterocycles. The molecule has 0 saturated heterocycles. The number of nitrogens with one attached hydrogen (secondary N) is 2. The van der Waals surface area contributed by atoms with Gasteiger partial charge in [0.25, 0.3) is 0 Å². The zero-order valence-corrected chi connectivity index (χ0v) is 10.9. The summed E-state index contributed by atoms with van der Waals surface area (Å²) < 4.78 is 27.0. The smallest absolute Gasteiger partial charge is 0.150 e. The number of halogens is 3. The third kappa shape index (κ3) is 2.56. The van der Waals surface area contributed by atoms with Crippen molar-refractivity contribution in [3.05, 3.63) is 40.6 Å². The van der Waals surface area contributed by atoms with Gasteiger partial charge in [0.2, 0.25) is 0 Å². The maximum atomic E-state index is 13.5. The summed E-state index contributed by atoms with van der Waals surface area (Å²) in [6.07, 6.45) is 1.32. The lowest BCUT2D eigenvalue weighted by molar-refractivity contribution is 0.603. The van der Waals surface area contributed by atoms with Crippen molar-refractivity contribution in [3.63, 3.8) is 0 Å². The van der Waals surface area contributed by atoms with Crippen LogP contribution in [0, 0.1) is 11.6 Å². The number of anilines is 3. The summed E-state index contributed by atoms with van der Waals surface area (Å²) in [5.41, 5.74) is 0.0106. The maximum absolute atomic E-state index is 13.5. The van der Waals surface area contributed by atoms with Gasteiger partial charge in [-0.05, 0) is 28.1 Å². The summed E-state index contributed by atoms with van der Waals surface area (Å²) in [6.45, 7) is 0. The Kier molecular flexibility index (Phi) is 3.71. The Hall–Kier alpha value is -1.76. The lowest BCUT2D eigenvalue weighted by Gasteiger charge is -2.10. The van der Waals surface area contributed by atoms with Gasteiger partial charge in [-0.15, -0.1) is 0 Å². The zero-order chi connectivity index (χ0) is 13.1. The van der Waals surface area contributed by atoms with Gasteiger partial charge in [-0.3, -0.25) is 0 Å². The van der Waals surface area contributed by atoms with Gasteiger partial charge in [0, 0.05) is 13.1 Å². The van der Waals surface area contributed by atoms with Gasteiger partial charge in [-0.2, -0.15) is 0 Å². The van der Waals surface area contributed by atoms with Crippen molar-refractivity contribution in [2.45, 2.75) is 0 Å². The molecule has 0 saturated carbocycles. The highest BCUT2D eigenvalue weighted by Gasteiger charge is 2.10. The minimum atomic E-state index is -0.562. The first-order chi connectivity index (χ1) is 8.61. The van der Waals surface area contributed by atoms with Crippen molar-refractivity contribution >= 4 is 33.3 Å². The molecule has 0 bridgehead atoms. The fourth-order valence-corrected chi connectivity index (χ4v) is 1.85. The molecule has 0 spiro atoms. The molecular formula is C11H9BrF2N4. The molecule has 1 aromatic carbocycles. The molecule has 0 atom stereocenters. The van der Waals surface area contributed by atoms with Crippen LogP contribution in [-0.4, -0.2) is 17.0 Å². The van der Waals surface area contributed by atoms with Crippen molar-refractivity contribution in [1.29, 1.82) is 0 Å². The Balaban J connectivity index is 2.37. The summed E-state index contributed by atoms with van der Waals surface area (Å²) in [5, 5.41) is 5.54. The topological polar surface area (TPSA) is 49.8 Å². The third-order valence-electron chi connectivity index (χ3n) is 2.21. The van der Waals surface area contributed by atoms with Crippen LogP contribution in [-0.2, 0) is 0 Å². The molecule has 2 rings (SSSR count). The van der Waals surface area contributed by atoms with Crippen LogP contribution < -0.4 is 10.6 Å². The van der Waals surface area contributed by atoms with Gasteiger partial charge < -0.3 is 10.6 Å². The van der Waals surface area contributed by atoms with Gasteiger partial charge in [-0.1, -0.05) is 0 Å². The average molecular weight is 315 g/mol. The van der Waals surface area contributed by atoms with Crippen LogP contribution in [0.1, 0.15) is 0 Å². The quantitative estimate of drug-likeness (QED) is 0.912. The fourth-order valence-electron chi connectivity index (χ4n) is 1.35. The minimum Gasteiger partial charge on any atom is -0.372 e. The molecule has 94 valence electrons. The standard InChI is InChI=1S/C11H9BrF2N4/c1-15-10-9(12)11(17-5-16-10)18-8-4-6(13)2-3-7(8)14/h2-5H,1H3,(H2,15,16,17,18). The van der Waals surface area contributed by atoms with Crippen LogP contribution in [0.15, 0.2) is 29.0 Å². The van der Waals surface area contributed by atoms with E-state index in [9.17, 15) is 8.78 Å². The summed E-state index contributed by atoms with van der Waals surface area (Å²) in [6, 6.07) is 3.16. The van der Waals surface area contributed by atoms with Gasteiger partial charge >= 0.3 is 0 Å². The molecular weight excluding hydrogens is 306 g/mol. The molecule has 0 aliphatic carbocycles. The molecule has 0 radical (unpaired) electrons. The van der Waals surface area contributed by atoms with E-state index in [0.717, 1.165) is 18.2 Å². The number of rotatable bonds is 3. The van der Waals surface area contributed by atoms with E-state index in [1.54, 1.807) is 7.05 Å². The van der Waals surface area contributed by atoms with Crippen LogP contribution >= 0.6 is 15.9 Å². The Morgan fingerprint density at radius 2 is 1.89 bits per heavy atom. The van der Waals surface area contributed by atoms with Crippen molar-refractivity contribution < 1.29 is 8.78 Å². The van der Waals surface area contributed by atoms with E-state index in [1.165, 1.54) is 6.33 Å². The first kappa shape index (κ1) is 12.7. The summed E-state index contributed by atoms with van der Waals surface area (Å²) in [5.74, 6) is -0.200. The highest BCUT2D eigenvalue weighted by atomic mass is 79.9. The first-order valence-corrected chi connectivity index (χ1v) is 5.81. The SMILES string of the molecule is CNc1ncnc(Nc2cc(F)ccc2F)c1Br. The fraction of sp³-hybridized carbons (Fsp3) is 0.0909. The molecule has 1 heterocycles.